The summed E-state index contributed by atoms with van der Waals surface area (Å²) in [7, 11) is 0. The van der Waals surface area contributed by atoms with Gasteiger partial charge in [-0.05, 0) is 31.0 Å². The quantitative estimate of drug-likeness (QED) is 0.821. The highest BCUT2D eigenvalue weighted by atomic mass is 35.5. The Kier molecular flexibility index (Phi) is 7.40. The van der Waals surface area contributed by atoms with Gasteiger partial charge in [0.1, 0.15) is 0 Å². The van der Waals surface area contributed by atoms with Crippen LogP contribution in [0.3, 0.4) is 0 Å². The Morgan fingerprint density at radius 1 is 1.12 bits per heavy atom. The van der Waals surface area contributed by atoms with Crippen LogP contribution in [-0.4, -0.2) is 74.5 Å². The fourth-order valence-electron chi connectivity index (χ4n) is 3.29. The van der Waals surface area contributed by atoms with Gasteiger partial charge >= 0.3 is 6.03 Å². The smallest absolute Gasteiger partial charge is 0.322 e. The van der Waals surface area contributed by atoms with Crippen molar-refractivity contribution >= 4 is 34.9 Å². The summed E-state index contributed by atoms with van der Waals surface area (Å²) in [6, 6.07) is 5.20. The lowest BCUT2D eigenvalue weighted by atomic mass is 10.1. The molecule has 0 aromatic heterocycles. The van der Waals surface area contributed by atoms with Gasteiger partial charge in [0.05, 0.1) is 23.3 Å². The zero-order valence-electron chi connectivity index (χ0n) is 14.8. The van der Waals surface area contributed by atoms with Gasteiger partial charge in [-0.15, -0.1) is 0 Å². The van der Waals surface area contributed by atoms with Crippen molar-refractivity contribution in [2.24, 2.45) is 0 Å². The van der Waals surface area contributed by atoms with Crippen molar-refractivity contribution in [2.45, 2.75) is 18.9 Å². The Hall–Kier alpha value is -1.05. The molecule has 0 spiro atoms. The number of urea groups is 1. The fourth-order valence-corrected chi connectivity index (χ4v) is 3.59. The van der Waals surface area contributed by atoms with E-state index in [1.807, 2.05) is 4.90 Å². The largest absolute Gasteiger partial charge is 0.381 e. The Balaban J connectivity index is 1.64. The molecular formula is C18H25Cl2N3O3. The first-order valence-corrected chi connectivity index (χ1v) is 9.79. The molecule has 8 heteroatoms. The van der Waals surface area contributed by atoms with Gasteiger partial charge in [0.15, 0.2) is 0 Å². The van der Waals surface area contributed by atoms with Crippen LogP contribution >= 0.6 is 23.2 Å². The van der Waals surface area contributed by atoms with E-state index in [4.69, 9.17) is 32.7 Å². The number of hydrogen-bond donors (Lipinski definition) is 1. The minimum Gasteiger partial charge on any atom is -0.381 e. The van der Waals surface area contributed by atoms with E-state index in [1.165, 1.54) is 0 Å². The second kappa shape index (κ2) is 9.76. The van der Waals surface area contributed by atoms with E-state index >= 15 is 0 Å². The van der Waals surface area contributed by atoms with Gasteiger partial charge in [-0.2, -0.15) is 0 Å². The molecule has 3 rings (SSSR count). The minimum absolute atomic E-state index is 0.108. The molecule has 2 aliphatic rings. The molecule has 6 nitrogen and oxygen atoms in total. The molecule has 0 unspecified atom stereocenters. The zero-order chi connectivity index (χ0) is 18.4. The third-order valence-corrected chi connectivity index (χ3v) is 5.56. The van der Waals surface area contributed by atoms with Crippen LogP contribution in [0.25, 0.3) is 0 Å². The molecule has 2 amide bonds. The molecule has 2 saturated heterocycles. The molecule has 2 heterocycles. The number of hydrogen-bond acceptors (Lipinski definition) is 4. The molecule has 2 fully saturated rings. The zero-order valence-corrected chi connectivity index (χ0v) is 16.3. The number of morpholine rings is 1. The number of carbonyl (C=O) groups is 1. The summed E-state index contributed by atoms with van der Waals surface area (Å²) >= 11 is 12.0. The second-order valence-corrected chi connectivity index (χ2v) is 7.36. The highest BCUT2D eigenvalue weighted by Gasteiger charge is 2.26. The molecule has 144 valence electrons. The third kappa shape index (κ3) is 5.47. The van der Waals surface area contributed by atoms with E-state index in [0.29, 0.717) is 35.5 Å². The van der Waals surface area contributed by atoms with E-state index in [-0.39, 0.29) is 12.1 Å². The number of nitrogens with one attached hydrogen (secondary N) is 1. The molecule has 0 saturated carbocycles. The van der Waals surface area contributed by atoms with Crippen LogP contribution in [-0.2, 0) is 9.47 Å². The summed E-state index contributed by atoms with van der Waals surface area (Å²) in [5.74, 6) is 0. The molecule has 1 aromatic rings. The summed E-state index contributed by atoms with van der Waals surface area (Å²) in [5, 5.41) is 3.85. The molecular weight excluding hydrogens is 377 g/mol. The van der Waals surface area contributed by atoms with Crippen molar-refractivity contribution < 1.29 is 14.3 Å². The van der Waals surface area contributed by atoms with Crippen LogP contribution in [0.15, 0.2) is 18.2 Å². The van der Waals surface area contributed by atoms with E-state index in [1.54, 1.807) is 18.2 Å². The summed E-state index contributed by atoms with van der Waals surface area (Å²) in [5.41, 5.74) is 0.646. The van der Waals surface area contributed by atoms with Gasteiger partial charge in [0.25, 0.3) is 0 Å². The summed E-state index contributed by atoms with van der Waals surface area (Å²) in [6.45, 7) is 6.25. The maximum Gasteiger partial charge on any atom is 0.322 e. The first-order valence-electron chi connectivity index (χ1n) is 9.04. The van der Waals surface area contributed by atoms with Gasteiger partial charge in [-0.3, -0.25) is 4.90 Å². The van der Waals surface area contributed by atoms with Crippen molar-refractivity contribution in [1.29, 1.82) is 0 Å². The van der Waals surface area contributed by atoms with E-state index in [0.717, 1.165) is 45.7 Å². The Labute approximate surface area is 164 Å². The van der Waals surface area contributed by atoms with E-state index in [9.17, 15) is 4.79 Å². The average Bonchev–Trinajstić information content (AvgIpc) is 2.67. The highest BCUT2D eigenvalue weighted by Crippen LogP contribution is 2.25. The topological polar surface area (TPSA) is 54.0 Å². The number of nitrogens with zero attached hydrogens (tertiary/aromatic N) is 2. The molecule has 1 N–H and O–H groups in total. The number of carbonyl (C=O) groups excluding carboxylic acids is 1. The normalized spacial score (nSPS) is 19.3. The number of anilines is 1. The first-order chi connectivity index (χ1) is 12.6. The molecule has 0 radical (unpaired) electrons. The monoisotopic (exact) mass is 401 g/mol. The van der Waals surface area contributed by atoms with Gasteiger partial charge in [-0.1, -0.05) is 23.2 Å². The highest BCUT2D eigenvalue weighted by molar-refractivity contribution is 6.42. The minimum atomic E-state index is -0.108. The maximum absolute atomic E-state index is 12.9. The lowest BCUT2D eigenvalue weighted by molar-refractivity contribution is 0.0238. The van der Waals surface area contributed by atoms with Crippen molar-refractivity contribution in [2.75, 3.05) is 57.9 Å². The average molecular weight is 402 g/mol. The molecule has 0 aliphatic carbocycles. The number of amides is 2. The third-order valence-electron chi connectivity index (χ3n) is 4.82. The van der Waals surface area contributed by atoms with Gasteiger partial charge in [0.2, 0.25) is 0 Å². The molecule has 0 bridgehead atoms. The Morgan fingerprint density at radius 2 is 1.81 bits per heavy atom. The van der Waals surface area contributed by atoms with Crippen molar-refractivity contribution in [1.82, 2.24) is 9.80 Å². The van der Waals surface area contributed by atoms with Gasteiger partial charge in [0, 0.05) is 51.1 Å². The van der Waals surface area contributed by atoms with Crippen molar-refractivity contribution in [3.8, 4) is 0 Å². The standard InChI is InChI=1S/C18H25Cl2N3O3/c19-16-2-1-14(13-17(16)20)21-18(24)23(15-3-9-25-10-4-15)6-5-22-7-11-26-12-8-22/h1-2,13,15H,3-12H2,(H,21,24). The predicted octanol–water partition coefficient (Wildman–Crippen LogP) is 3.34. The van der Waals surface area contributed by atoms with Gasteiger partial charge < -0.3 is 19.7 Å². The predicted molar refractivity (Wildman–Crippen MR) is 103 cm³/mol. The lowest BCUT2D eigenvalue weighted by Gasteiger charge is -2.36. The summed E-state index contributed by atoms with van der Waals surface area (Å²) < 4.78 is 10.8. The SMILES string of the molecule is O=C(Nc1ccc(Cl)c(Cl)c1)N(CCN1CCOCC1)C1CCOCC1. The maximum atomic E-state index is 12.9. The van der Waals surface area contributed by atoms with E-state index in [2.05, 4.69) is 10.2 Å². The van der Waals surface area contributed by atoms with E-state index < -0.39 is 0 Å². The number of ether oxygens (including phenoxy) is 2. The lowest BCUT2D eigenvalue weighted by Crippen LogP contribution is -2.49. The second-order valence-electron chi connectivity index (χ2n) is 6.55. The summed E-state index contributed by atoms with van der Waals surface area (Å²) in [6.07, 6.45) is 1.72. The summed E-state index contributed by atoms with van der Waals surface area (Å²) in [4.78, 5) is 17.2. The fraction of sp³-hybridized carbons (Fsp3) is 0.611. The molecule has 0 atom stereocenters. The Morgan fingerprint density at radius 3 is 2.50 bits per heavy atom. The van der Waals surface area contributed by atoms with Crippen LogP contribution in [0.1, 0.15) is 12.8 Å². The Bertz CT molecular complexity index is 605. The number of halogens is 2. The molecule has 26 heavy (non-hydrogen) atoms. The first kappa shape index (κ1) is 19.7. The molecule has 1 aromatic carbocycles. The molecule has 2 aliphatic heterocycles. The van der Waals surface area contributed by atoms with Crippen LogP contribution in [0, 0.1) is 0 Å². The van der Waals surface area contributed by atoms with Crippen LogP contribution in [0.2, 0.25) is 10.0 Å². The number of rotatable bonds is 5. The van der Waals surface area contributed by atoms with Gasteiger partial charge in [-0.25, -0.2) is 4.79 Å². The number of benzene rings is 1. The van der Waals surface area contributed by atoms with Crippen LogP contribution < -0.4 is 5.32 Å². The van der Waals surface area contributed by atoms with Crippen LogP contribution in [0.4, 0.5) is 10.5 Å². The van der Waals surface area contributed by atoms with Crippen molar-refractivity contribution in [3.05, 3.63) is 28.2 Å². The van der Waals surface area contributed by atoms with Crippen molar-refractivity contribution in [3.63, 3.8) is 0 Å². The van der Waals surface area contributed by atoms with Crippen LogP contribution in [0.5, 0.6) is 0 Å².